The van der Waals surface area contributed by atoms with E-state index in [0.717, 1.165) is 18.5 Å². The van der Waals surface area contributed by atoms with Gasteiger partial charge in [-0.05, 0) is 12.8 Å². The van der Waals surface area contributed by atoms with Gasteiger partial charge in [-0.25, -0.2) is 4.79 Å². The molecule has 0 radical (unpaired) electrons. The molecule has 116 valence electrons. The number of anilines is 1. The molecule has 7 nitrogen and oxygen atoms in total. The highest BCUT2D eigenvalue weighted by Crippen LogP contribution is 2.33. The summed E-state index contributed by atoms with van der Waals surface area (Å²) in [7, 11) is 1.27. The van der Waals surface area contributed by atoms with Crippen LogP contribution in [0.5, 0.6) is 0 Å². The number of amides is 1. The molecule has 0 saturated heterocycles. The van der Waals surface area contributed by atoms with E-state index >= 15 is 0 Å². The molecule has 0 atom stereocenters. The number of hydrogen-bond acceptors (Lipinski definition) is 5. The van der Waals surface area contributed by atoms with Crippen molar-refractivity contribution in [2.45, 2.75) is 31.6 Å². The number of aromatic nitrogens is 2. The Morgan fingerprint density at radius 2 is 2.14 bits per heavy atom. The molecular formula is C15H17N3O4. The van der Waals surface area contributed by atoms with Gasteiger partial charge >= 0.3 is 5.97 Å². The maximum Gasteiger partial charge on any atom is 0.341 e. The molecule has 2 aromatic rings. The summed E-state index contributed by atoms with van der Waals surface area (Å²) in [5.74, 6) is -0.0351. The minimum absolute atomic E-state index is 0.0332. The number of carbonyl (C=O) groups is 2. The second-order valence-electron chi connectivity index (χ2n) is 5.34. The van der Waals surface area contributed by atoms with Gasteiger partial charge in [0.2, 0.25) is 0 Å². The fraction of sp³-hybridized carbons (Fsp3) is 0.400. The van der Waals surface area contributed by atoms with Gasteiger partial charge in [-0.3, -0.25) is 9.89 Å². The Bertz CT molecular complexity index is 683. The predicted molar refractivity (Wildman–Crippen MR) is 77.8 cm³/mol. The van der Waals surface area contributed by atoms with Gasteiger partial charge in [0.15, 0.2) is 11.6 Å². The minimum atomic E-state index is -0.550. The van der Waals surface area contributed by atoms with Crippen molar-refractivity contribution >= 4 is 17.7 Å². The summed E-state index contributed by atoms with van der Waals surface area (Å²) >= 11 is 0. The van der Waals surface area contributed by atoms with E-state index in [2.05, 4.69) is 20.3 Å². The predicted octanol–water partition coefficient (Wildman–Crippen LogP) is 2.70. The van der Waals surface area contributed by atoms with Gasteiger partial charge in [-0.1, -0.05) is 12.8 Å². The van der Waals surface area contributed by atoms with Gasteiger partial charge in [-0.2, -0.15) is 5.10 Å². The third-order valence-electron chi connectivity index (χ3n) is 3.88. The molecule has 0 unspecified atom stereocenters. The summed E-state index contributed by atoms with van der Waals surface area (Å²) in [6.07, 6.45) is 5.95. The van der Waals surface area contributed by atoms with E-state index in [1.54, 1.807) is 0 Å². The highest BCUT2D eigenvalue weighted by Gasteiger charge is 2.21. The number of H-pyrrole nitrogens is 1. The first kappa shape index (κ1) is 14.4. The molecule has 0 bridgehead atoms. The Hall–Kier alpha value is -2.57. The van der Waals surface area contributed by atoms with Crippen LogP contribution >= 0.6 is 0 Å². The Kier molecular flexibility index (Phi) is 3.95. The highest BCUT2D eigenvalue weighted by molar-refractivity contribution is 6.03. The van der Waals surface area contributed by atoms with Crippen molar-refractivity contribution in [3.8, 4) is 0 Å². The minimum Gasteiger partial charge on any atom is -0.465 e. The van der Waals surface area contributed by atoms with E-state index in [-0.39, 0.29) is 11.3 Å². The van der Waals surface area contributed by atoms with Crippen LogP contribution < -0.4 is 5.32 Å². The molecule has 1 aliphatic carbocycles. The standard InChI is InChI=1S/C15H17N3O4/c1-21-15(20)10-6-12(22-8-10)14(19)16-13-7-11(17-18-13)9-4-2-3-5-9/h6-9H,2-5H2,1H3,(H2,16,17,18,19). The van der Waals surface area contributed by atoms with Gasteiger partial charge in [0.05, 0.1) is 12.7 Å². The smallest absolute Gasteiger partial charge is 0.341 e. The highest BCUT2D eigenvalue weighted by atomic mass is 16.5. The van der Waals surface area contributed by atoms with Crippen molar-refractivity contribution in [3.05, 3.63) is 35.4 Å². The van der Waals surface area contributed by atoms with Crippen molar-refractivity contribution in [2.24, 2.45) is 0 Å². The Labute approximate surface area is 127 Å². The average Bonchev–Trinajstić information content (AvgIpc) is 3.25. The van der Waals surface area contributed by atoms with Crippen LogP contribution in [0, 0.1) is 0 Å². The maximum absolute atomic E-state index is 12.1. The second kappa shape index (κ2) is 6.05. The van der Waals surface area contributed by atoms with Crippen LogP contribution in [0.15, 0.2) is 22.8 Å². The zero-order valence-electron chi connectivity index (χ0n) is 12.2. The average molecular weight is 303 g/mol. The number of nitrogens with zero attached hydrogens (tertiary/aromatic N) is 1. The van der Waals surface area contributed by atoms with Crippen LogP contribution in [-0.4, -0.2) is 29.2 Å². The molecule has 7 heteroatoms. The van der Waals surface area contributed by atoms with Gasteiger partial charge in [0, 0.05) is 23.7 Å². The van der Waals surface area contributed by atoms with Gasteiger partial charge < -0.3 is 14.5 Å². The molecule has 1 fully saturated rings. The van der Waals surface area contributed by atoms with E-state index in [1.165, 1.54) is 32.3 Å². The number of rotatable bonds is 4. The molecule has 1 saturated carbocycles. The second-order valence-corrected chi connectivity index (χ2v) is 5.34. The molecule has 22 heavy (non-hydrogen) atoms. The van der Waals surface area contributed by atoms with Gasteiger partial charge in [0.25, 0.3) is 5.91 Å². The quantitative estimate of drug-likeness (QED) is 0.846. The lowest BCUT2D eigenvalue weighted by molar-refractivity contribution is 0.0600. The largest absolute Gasteiger partial charge is 0.465 e. The summed E-state index contributed by atoms with van der Waals surface area (Å²) < 4.78 is 9.64. The third kappa shape index (κ3) is 2.88. The molecule has 0 aliphatic heterocycles. The monoisotopic (exact) mass is 303 g/mol. The van der Waals surface area contributed by atoms with Crippen molar-refractivity contribution in [1.29, 1.82) is 0 Å². The molecular weight excluding hydrogens is 286 g/mol. The van der Waals surface area contributed by atoms with Gasteiger partial charge in [-0.15, -0.1) is 0 Å². The first-order valence-corrected chi connectivity index (χ1v) is 7.21. The van der Waals surface area contributed by atoms with Crippen molar-refractivity contribution in [2.75, 3.05) is 12.4 Å². The molecule has 3 rings (SSSR count). The van der Waals surface area contributed by atoms with Crippen LogP contribution in [0.4, 0.5) is 5.82 Å². The summed E-state index contributed by atoms with van der Waals surface area (Å²) in [5.41, 5.74) is 1.24. The summed E-state index contributed by atoms with van der Waals surface area (Å²) in [6.45, 7) is 0. The van der Waals surface area contributed by atoms with Crippen LogP contribution in [0.1, 0.15) is 58.2 Å². The molecule has 1 amide bonds. The van der Waals surface area contributed by atoms with Crippen molar-refractivity contribution in [1.82, 2.24) is 10.2 Å². The summed E-state index contributed by atoms with van der Waals surface area (Å²) in [4.78, 5) is 23.4. The Morgan fingerprint density at radius 3 is 2.86 bits per heavy atom. The van der Waals surface area contributed by atoms with Crippen LogP contribution in [0.25, 0.3) is 0 Å². The molecule has 1 aliphatic rings. The number of aromatic amines is 1. The molecule has 2 heterocycles. The number of ether oxygens (including phenoxy) is 1. The lowest BCUT2D eigenvalue weighted by atomic mass is 10.0. The SMILES string of the molecule is COC(=O)c1coc(C(=O)Nc2cc(C3CCCC3)[nH]n2)c1. The number of methoxy groups -OCH3 is 1. The van der Waals surface area contributed by atoms with Crippen LogP contribution in [-0.2, 0) is 4.74 Å². The molecule has 0 spiro atoms. The van der Waals surface area contributed by atoms with E-state index in [9.17, 15) is 9.59 Å². The van der Waals surface area contributed by atoms with E-state index in [1.807, 2.05) is 6.07 Å². The summed E-state index contributed by atoms with van der Waals surface area (Å²) in [5, 5.41) is 9.71. The zero-order chi connectivity index (χ0) is 15.5. The lowest BCUT2D eigenvalue weighted by Gasteiger charge is -2.03. The number of esters is 1. The summed E-state index contributed by atoms with van der Waals surface area (Å²) in [6, 6.07) is 3.18. The van der Waals surface area contributed by atoms with Gasteiger partial charge in [0.1, 0.15) is 6.26 Å². The fourth-order valence-electron chi connectivity index (χ4n) is 2.70. The van der Waals surface area contributed by atoms with Crippen LogP contribution in [0.2, 0.25) is 0 Å². The molecule has 0 aromatic carbocycles. The van der Waals surface area contributed by atoms with Crippen molar-refractivity contribution in [3.63, 3.8) is 0 Å². The maximum atomic E-state index is 12.1. The fourth-order valence-corrected chi connectivity index (χ4v) is 2.70. The normalized spacial score (nSPS) is 15.0. The van der Waals surface area contributed by atoms with Crippen LogP contribution in [0.3, 0.4) is 0 Å². The van der Waals surface area contributed by atoms with E-state index in [4.69, 9.17) is 4.42 Å². The van der Waals surface area contributed by atoms with E-state index in [0.29, 0.717) is 11.7 Å². The number of nitrogens with one attached hydrogen (secondary N) is 2. The first-order chi connectivity index (χ1) is 10.7. The number of furan rings is 1. The number of hydrogen-bond donors (Lipinski definition) is 2. The zero-order valence-corrected chi connectivity index (χ0v) is 12.2. The number of carbonyl (C=O) groups excluding carboxylic acids is 2. The van der Waals surface area contributed by atoms with Crippen molar-refractivity contribution < 1.29 is 18.7 Å². The Morgan fingerprint density at radius 1 is 1.36 bits per heavy atom. The topological polar surface area (TPSA) is 97.2 Å². The first-order valence-electron chi connectivity index (χ1n) is 7.21. The molecule has 2 N–H and O–H groups in total. The Balaban J connectivity index is 1.66. The lowest BCUT2D eigenvalue weighted by Crippen LogP contribution is -2.11. The molecule has 2 aromatic heterocycles. The van der Waals surface area contributed by atoms with E-state index < -0.39 is 11.9 Å². The third-order valence-corrected chi connectivity index (χ3v) is 3.88.